The summed E-state index contributed by atoms with van der Waals surface area (Å²) in [6, 6.07) is 11.9. The number of methoxy groups -OCH3 is 2. The third-order valence-corrected chi connectivity index (χ3v) is 6.04. The predicted octanol–water partition coefficient (Wildman–Crippen LogP) is 5.86. The van der Waals surface area contributed by atoms with E-state index < -0.39 is 0 Å². The molecule has 0 fully saturated rings. The first-order chi connectivity index (χ1) is 16.4. The molecule has 174 valence electrons. The van der Waals surface area contributed by atoms with Gasteiger partial charge in [-0.05, 0) is 88.7 Å². The highest BCUT2D eigenvalue weighted by Crippen LogP contribution is 2.45. The van der Waals surface area contributed by atoms with Gasteiger partial charge >= 0.3 is 0 Å². The van der Waals surface area contributed by atoms with Crippen LogP contribution in [0.1, 0.15) is 42.0 Å². The van der Waals surface area contributed by atoms with E-state index in [0.717, 1.165) is 39.0 Å². The number of halogens is 1. The van der Waals surface area contributed by atoms with E-state index in [-0.39, 0.29) is 17.3 Å². The standard InChI is InChI=1S/C28H26FNO4/c1-17-22(9-7-21(31)11-18-5-4-10-30-16-18)25-15-20(29)6-8-23(25)24(17)12-19-13-26(33-2)28(32)27(14-19)34-3/h4-6,8,10,12-16,32H,7,9,11H2,1-3H3/b24-12-. The molecule has 0 spiro atoms. The van der Waals surface area contributed by atoms with Crippen molar-refractivity contribution in [2.24, 2.45) is 0 Å². The van der Waals surface area contributed by atoms with Gasteiger partial charge in [-0.1, -0.05) is 12.1 Å². The van der Waals surface area contributed by atoms with Crippen LogP contribution >= 0.6 is 0 Å². The van der Waals surface area contributed by atoms with Gasteiger partial charge in [-0.2, -0.15) is 0 Å². The van der Waals surface area contributed by atoms with E-state index in [1.165, 1.54) is 26.4 Å². The van der Waals surface area contributed by atoms with Gasteiger partial charge in [0, 0.05) is 25.2 Å². The number of aromatic hydroxyl groups is 1. The molecule has 0 radical (unpaired) electrons. The lowest BCUT2D eigenvalue weighted by Gasteiger charge is -2.11. The van der Waals surface area contributed by atoms with Crippen molar-refractivity contribution >= 4 is 23.0 Å². The first kappa shape index (κ1) is 23.2. The second kappa shape index (κ2) is 9.91. The van der Waals surface area contributed by atoms with Gasteiger partial charge in [0.2, 0.25) is 5.75 Å². The van der Waals surface area contributed by atoms with Crippen molar-refractivity contribution in [1.82, 2.24) is 4.98 Å². The fourth-order valence-corrected chi connectivity index (χ4v) is 4.32. The van der Waals surface area contributed by atoms with Gasteiger partial charge in [0.15, 0.2) is 11.5 Å². The number of hydrogen-bond donors (Lipinski definition) is 1. The Morgan fingerprint density at radius 3 is 2.47 bits per heavy atom. The summed E-state index contributed by atoms with van der Waals surface area (Å²) in [6.07, 6.45) is 6.53. The first-order valence-electron chi connectivity index (χ1n) is 11.0. The Labute approximate surface area is 198 Å². The lowest BCUT2D eigenvalue weighted by atomic mass is 9.98. The number of fused-ring (bicyclic) bond motifs is 1. The van der Waals surface area contributed by atoms with E-state index in [0.29, 0.717) is 30.8 Å². The SMILES string of the molecule is COc1cc(/C=C2/C(C)=C(CCC(=O)Cc3cccnc3)c3cc(F)ccc32)cc(OC)c1O. The zero-order valence-corrected chi connectivity index (χ0v) is 19.4. The summed E-state index contributed by atoms with van der Waals surface area (Å²) in [7, 11) is 2.95. The molecule has 0 unspecified atom stereocenters. The van der Waals surface area contributed by atoms with Crippen LogP contribution in [0, 0.1) is 5.82 Å². The molecule has 0 saturated carbocycles. The summed E-state index contributed by atoms with van der Waals surface area (Å²) in [5.74, 6) is 0.315. The van der Waals surface area contributed by atoms with Gasteiger partial charge in [-0.15, -0.1) is 0 Å². The van der Waals surface area contributed by atoms with Gasteiger partial charge in [-0.3, -0.25) is 9.78 Å². The van der Waals surface area contributed by atoms with Gasteiger partial charge in [0.25, 0.3) is 0 Å². The Bertz CT molecular complexity index is 1270. The van der Waals surface area contributed by atoms with Crippen LogP contribution in [0.2, 0.25) is 0 Å². The summed E-state index contributed by atoms with van der Waals surface area (Å²) >= 11 is 0. The molecule has 0 atom stereocenters. The Kier molecular flexibility index (Phi) is 6.77. The molecule has 1 aromatic heterocycles. The molecule has 0 bridgehead atoms. The van der Waals surface area contributed by atoms with Crippen molar-refractivity contribution < 1.29 is 23.8 Å². The summed E-state index contributed by atoms with van der Waals surface area (Å²) < 4.78 is 24.7. The van der Waals surface area contributed by atoms with Crippen molar-refractivity contribution in [2.75, 3.05) is 14.2 Å². The zero-order valence-electron chi connectivity index (χ0n) is 19.4. The number of ether oxygens (including phenoxy) is 2. The van der Waals surface area contributed by atoms with E-state index >= 15 is 0 Å². The predicted molar refractivity (Wildman–Crippen MR) is 130 cm³/mol. The third kappa shape index (κ3) is 4.71. The molecule has 34 heavy (non-hydrogen) atoms. The normalized spacial score (nSPS) is 13.8. The van der Waals surface area contributed by atoms with Crippen molar-refractivity contribution in [3.05, 3.63) is 88.5 Å². The fraction of sp³-hybridized carbons (Fsp3) is 0.214. The van der Waals surface area contributed by atoms with E-state index in [1.807, 2.05) is 25.1 Å². The van der Waals surface area contributed by atoms with E-state index in [4.69, 9.17) is 9.47 Å². The molecule has 2 aromatic carbocycles. The van der Waals surface area contributed by atoms with Crippen molar-refractivity contribution in [2.45, 2.75) is 26.2 Å². The molecular weight excluding hydrogens is 433 g/mol. The molecule has 1 heterocycles. The number of allylic oxidation sites excluding steroid dienone is 3. The van der Waals surface area contributed by atoms with Crippen LogP contribution in [-0.4, -0.2) is 30.1 Å². The lowest BCUT2D eigenvalue weighted by Crippen LogP contribution is -2.03. The minimum absolute atomic E-state index is 0.0684. The van der Waals surface area contributed by atoms with Crippen LogP contribution in [0.15, 0.2) is 60.4 Å². The van der Waals surface area contributed by atoms with Crippen LogP contribution in [0.25, 0.3) is 17.2 Å². The van der Waals surface area contributed by atoms with Gasteiger partial charge in [-0.25, -0.2) is 4.39 Å². The molecule has 0 saturated heterocycles. The number of phenols is 1. The second-order valence-corrected chi connectivity index (χ2v) is 8.20. The summed E-state index contributed by atoms with van der Waals surface area (Å²) in [5, 5.41) is 10.2. The Morgan fingerprint density at radius 1 is 1.09 bits per heavy atom. The number of ketones is 1. The number of rotatable bonds is 8. The second-order valence-electron chi connectivity index (χ2n) is 8.20. The Hall–Kier alpha value is -3.93. The molecule has 4 rings (SSSR count). The first-order valence-corrected chi connectivity index (χ1v) is 11.0. The quantitative estimate of drug-likeness (QED) is 0.457. The maximum atomic E-state index is 14.2. The maximum Gasteiger partial charge on any atom is 0.200 e. The number of aromatic nitrogens is 1. The smallest absolute Gasteiger partial charge is 0.200 e. The highest BCUT2D eigenvalue weighted by Gasteiger charge is 2.25. The average molecular weight is 460 g/mol. The number of carbonyl (C=O) groups is 1. The minimum atomic E-state index is -0.319. The number of hydrogen-bond acceptors (Lipinski definition) is 5. The maximum absolute atomic E-state index is 14.2. The number of carbonyl (C=O) groups excluding carboxylic acids is 1. The number of nitrogens with zero attached hydrogens (tertiary/aromatic N) is 1. The molecule has 3 aromatic rings. The molecule has 1 aliphatic rings. The molecule has 0 aliphatic heterocycles. The number of Topliss-reactive ketones (excluding diaryl/α,β-unsaturated/α-hetero) is 1. The van der Waals surface area contributed by atoms with E-state index in [2.05, 4.69) is 4.98 Å². The number of pyridine rings is 1. The summed E-state index contributed by atoms with van der Waals surface area (Å²) in [5.41, 5.74) is 6.23. The number of benzene rings is 2. The summed E-state index contributed by atoms with van der Waals surface area (Å²) in [4.78, 5) is 16.7. The van der Waals surface area contributed by atoms with Crippen LogP contribution in [0.3, 0.4) is 0 Å². The van der Waals surface area contributed by atoms with Gasteiger partial charge in [0.1, 0.15) is 11.6 Å². The summed E-state index contributed by atoms with van der Waals surface area (Å²) in [6.45, 7) is 1.99. The van der Waals surface area contributed by atoms with Crippen LogP contribution in [0.5, 0.6) is 17.2 Å². The van der Waals surface area contributed by atoms with Crippen LogP contribution in [-0.2, 0) is 11.2 Å². The van der Waals surface area contributed by atoms with Crippen LogP contribution in [0.4, 0.5) is 4.39 Å². The monoisotopic (exact) mass is 459 g/mol. The minimum Gasteiger partial charge on any atom is -0.502 e. The van der Waals surface area contributed by atoms with Crippen molar-refractivity contribution in [3.63, 3.8) is 0 Å². The van der Waals surface area contributed by atoms with Crippen molar-refractivity contribution in [1.29, 1.82) is 0 Å². The van der Waals surface area contributed by atoms with Crippen LogP contribution < -0.4 is 9.47 Å². The molecular formula is C28H26FNO4. The average Bonchev–Trinajstić information content (AvgIpc) is 3.09. The topological polar surface area (TPSA) is 68.7 Å². The fourth-order valence-electron chi connectivity index (χ4n) is 4.32. The van der Waals surface area contributed by atoms with Crippen molar-refractivity contribution in [3.8, 4) is 17.2 Å². The van der Waals surface area contributed by atoms with Gasteiger partial charge < -0.3 is 14.6 Å². The molecule has 0 amide bonds. The Morgan fingerprint density at radius 2 is 1.82 bits per heavy atom. The lowest BCUT2D eigenvalue weighted by molar-refractivity contribution is -0.118. The molecule has 5 nitrogen and oxygen atoms in total. The molecule has 6 heteroatoms. The molecule has 1 N–H and O–H groups in total. The zero-order chi connectivity index (χ0) is 24.2. The van der Waals surface area contributed by atoms with Gasteiger partial charge in [0.05, 0.1) is 14.2 Å². The third-order valence-electron chi connectivity index (χ3n) is 6.04. The Balaban J connectivity index is 1.67. The van der Waals surface area contributed by atoms with E-state index in [9.17, 15) is 14.3 Å². The highest BCUT2D eigenvalue weighted by molar-refractivity contribution is 6.05. The van der Waals surface area contributed by atoms with E-state index in [1.54, 1.807) is 30.6 Å². The number of phenolic OH excluding ortho intramolecular Hbond substituents is 1. The largest absolute Gasteiger partial charge is 0.502 e. The highest BCUT2D eigenvalue weighted by atomic mass is 19.1. The molecule has 1 aliphatic carbocycles.